The minimum Gasteiger partial charge on any atom is -0.493 e. The van der Waals surface area contributed by atoms with Crippen LogP contribution in [0.3, 0.4) is 0 Å². The van der Waals surface area contributed by atoms with E-state index < -0.39 is 10.0 Å². The Hall–Kier alpha value is -2.14. The summed E-state index contributed by atoms with van der Waals surface area (Å²) in [6.45, 7) is 3.36. The summed E-state index contributed by atoms with van der Waals surface area (Å²) < 4.78 is 41.4. The SMILES string of the molecule is COCCCN(CC(=O)N(CCc1ccc(OC)c(OC)c1)Cc1sccc1C)S(C)(=O)=O. The van der Waals surface area contributed by atoms with Crippen LogP contribution in [0.4, 0.5) is 0 Å². The number of hydrogen-bond acceptors (Lipinski definition) is 7. The molecule has 0 atom stereocenters. The number of thiophene rings is 1. The summed E-state index contributed by atoms with van der Waals surface area (Å²) in [5.74, 6) is 1.04. The number of ether oxygens (including phenoxy) is 3. The van der Waals surface area contributed by atoms with Crippen LogP contribution in [0.5, 0.6) is 11.5 Å². The number of nitrogens with zero attached hydrogens (tertiary/aromatic N) is 2. The number of hydrogen-bond donors (Lipinski definition) is 0. The smallest absolute Gasteiger partial charge is 0.238 e. The molecule has 0 N–H and O–H groups in total. The summed E-state index contributed by atoms with van der Waals surface area (Å²) in [5.41, 5.74) is 2.11. The molecule has 1 heterocycles. The van der Waals surface area contributed by atoms with E-state index in [0.717, 1.165) is 22.3 Å². The van der Waals surface area contributed by atoms with Crippen LogP contribution < -0.4 is 9.47 Å². The molecule has 1 amide bonds. The fourth-order valence-corrected chi connectivity index (χ4v) is 5.06. The Kier molecular flexibility index (Phi) is 10.6. The van der Waals surface area contributed by atoms with Gasteiger partial charge in [-0.2, -0.15) is 4.31 Å². The minimum absolute atomic E-state index is 0.196. The number of carbonyl (C=O) groups excluding carboxylic acids is 1. The van der Waals surface area contributed by atoms with Crippen molar-refractivity contribution in [3.05, 3.63) is 45.6 Å². The lowest BCUT2D eigenvalue weighted by Gasteiger charge is -2.26. The molecule has 0 aliphatic rings. The van der Waals surface area contributed by atoms with E-state index in [9.17, 15) is 13.2 Å². The van der Waals surface area contributed by atoms with Gasteiger partial charge in [0.2, 0.25) is 15.9 Å². The monoisotopic (exact) mass is 498 g/mol. The maximum Gasteiger partial charge on any atom is 0.238 e. The molecule has 0 saturated heterocycles. The number of aryl methyl sites for hydroxylation is 1. The second-order valence-electron chi connectivity index (χ2n) is 7.72. The molecule has 2 rings (SSSR count). The van der Waals surface area contributed by atoms with E-state index in [4.69, 9.17) is 14.2 Å². The second-order valence-corrected chi connectivity index (χ2v) is 10.7. The molecular weight excluding hydrogens is 464 g/mol. The molecule has 184 valence electrons. The van der Waals surface area contributed by atoms with Crippen LogP contribution in [0.1, 0.15) is 22.4 Å². The molecule has 0 radical (unpaired) electrons. The number of sulfonamides is 1. The standard InChI is InChI=1S/C23H34N2O6S2/c1-18-10-14-32-22(18)16-24(12-9-19-7-8-20(30-3)21(15-19)31-4)23(26)17-25(33(5,27)28)11-6-13-29-2/h7-8,10,14-15H,6,9,11-13,16-17H2,1-5H3. The quantitative estimate of drug-likeness (QED) is 0.372. The Morgan fingerprint density at radius 2 is 1.79 bits per heavy atom. The first-order valence-electron chi connectivity index (χ1n) is 10.6. The summed E-state index contributed by atoms with van der Waals surface area (Å²) in [6.07, 6.45) is 2.25. The molecule has 0 fully saturated rings. The molecule has 0 aliphatic heterocycles. The van der Waals surface area contributed by atoms with Crippen molar-refractivity contribution >= 4 is 27.3 Å². The van der Waals surface area contributed by atoms with E-state index >= 15 is 0 Å². The van der Waals surface area contributed by atoms with Gasteiger partial charge < -0.3 is 19.1 Å². The second kappa shape index (κ2) is 12.9. The third-order valence-electron chi connectivity index (χ3n) is 5.31. The number of methoxy groups -OCH3 is 3. The predicted molar refractivity (Wildman–Crippen MR) is 131 cm³/mol. The number of rotatable bonds is 14. The molecule has 0 unspecified atom stereocenters. The molecule has 0 bridgehead atoms. The van der Waals surface area contributed by atoms with Crippen molar-refractivity contribution in [2.45, 2.75) is 26.3 Å². The molecule has 1 aromatic heterocycles. The highest BCUT2D eigenvalue weighted by atomic mass is 32.2. The Balaban J connectivity index is 2.18. The van der Waals surface area contributed by atoms with Crippen molar-refractivity contribution in [1.29, 1.82) is 0 Å². The summed E-state index contributed by atoms with van der Waals surface area (Å²) in [7, 11) is 1.21. The van der Waals surface area contributed by atoms with Gasteiger partial charge in [-0.25, -0.2) is 8.42 Å². The van der Waals surface area contributed by atoms with E-state index in [1.807, 2.05) is 36.6 Å². The molecule has 8 nitrogen and oxygen atoms in total. The van der Waals surface area contributed by atoms with E-state index in [1.165, 1.54) is 4.31 Å². The summed E-state index contributed by atoms with van der Waals surface area (Å²) >= 11 is 1.59. The zero-order valence-corrected chi connectivity index (χ0v) is 21.6. The van der Waals surface area contributed by atoms with Gasteiger partial charge in [-0.15, -0.1) is 11.3 Å². The van der Waals surface area contributed by atoms with E-state index in [-0.39, 0.29) is 19.0 Å². The maximum absolute atomic E-state index is 13.3. The average Bonchev–Trinajstić information content (AvgIpc) is 3.19. The van der Waals surface area contributed by atoms with Crippen LogP contribution in [-0.2, 0) is 32.5 Å². The molecule has 10 heteroatoms. The van der Waals surface area contributed by atoms with Crippen molar-refractivity contribution in [2.24, 2.45) is 0 Å². The van der Waals surface area contributed by atoms with Crippen LogP contribution in [0.2, 0.25) is 0 Å². The van der Waals surface area contributed by atoms with E-state index in [0.29, 0.717) is 44.0 Å². The molecule has 0 aliphatic carbocycles. The van der Waals surface area contributed by atoms with Crippen LogP contribution in [0.25, 0.3) is 0 Å². The summed E-state index contributed by atoms with van der Waals surface area (Å²) in [6, 6.07) is 7.69. The highest BCUT2D eigenvalue weighted by molar-refractivity contribution is 7.88. The van der Waals surface area contributed by atoms with Gasteiger partial charge in [-0.3, -0.25) is 4.79 Å². The third kappa shape index (κ3) is 8.29. The predicted octanol–water partition coefficient (Wildman–Crippen LogP) is 2.94. The first kappa shape index (κ1) is 27.1. The Morgan fingerprint density at radius 3 is 2.36 bits per heavy atom. The molecular formula is C23H34N2O6S2. The van der Waals surface area contributed by atoms with Gasteiger partial charge in [0, 0.05) is 31.7 Å². The zero-order chi connectivity index (χ0) is 24.4. The molecule has 33 heavy (non-hydrogen) atoms. The third-order valence-corrected chi connectivity index (χ3v) is 7.57. The number of carbonyl (C=O) groups is 1. The average molecular weight is 499 g/mol. The Morgan fingerprint density at radius 1 is 1.06 bits per heavy atom. The maximum atomic E-state index is 13.3. The molecule has 2 aromatic rings. The first-order chi connectivity index (χ1) is 15.7. The highest BCUT2D eigenvalue weighted by Gasteiger charge is 2.24. The van der Waals surface area contributed by atoms with Crippen molar-refractivity contribution in [3.63, 3.8) is 0 Å². The van der Waals surface area contributed by atoms with Crippen LogP contribution in [-0.4, -0.2) is 77.4 Å². The highest BCUT2D eigenvalue weighted by Crippen LogP contribution is 2.28. The summed E-state index contributed by atoms with van der Waals surface area (Å²) in [4.78, 5) is 16.1. The number of amides is 1. The van der Waals surface area contributed by atoms with Gasteiger partial charge in [0.05, 0.1) is 33.6 Å². The van der Waals surface area contributed by atoms with Gasteiger partial charge in [0.25, 0.3) is 0 Å². The molecule has 0 saturated carbocycles. The van der Waals surface area contributed by atoms with Crippen LogP contribution in [0.15, 0.2) is 29.6 Å². The van der Waals surface area contributed by atoms with Crippen molar-refractivity contribution in [3.8, 4) is 11.5 Å². The lowest BCUT2D eigenvalue weighted by molar-refractivity contribution is -0.132. The lowest BCUT2D eigenvalue weighted by atomic mass is 10.1. The van der Waals surface area contributed by atoms with Crippen molar-refractivity contribution in [2.75, 3.05) is 53.8 Å². The summed E-state index contributed by atoms with van der Waals surface area (Å²) in [5, 5.41) is 2.00. The largest absolute Gasteiger partial charge is 0.493 e. The van der Waals surface area contributed by atoms with Gasteiger partial charge in [-0.1, -0.05) is 6.07 Å². The van der Waals surface area contributed by atoms with Crippen LogP contribution >= 0.6 is 11.3 Å². The van der Waals surface area contributed by atoms with Gasteiger partial charge in [0.15, 0.2) is 11.5 Å². The van der Waals surface area contributed by atoms with Crippen molar-refractivity contribution in [1.82, 2.24) is 9.21 Å². The minimum atomic E-state index is -3.53. The first-order valence-corrected chi connectivity index (χ1v) is 13.4. The Bertz CT molecular complexity index is 1010. The Labute approximate surface area is 201 Å². The van der Waals surface area contributed by atoms with Gasteiger partial charge >= 0.3 is 0 Å². The number of benzene rings is 1. The lowest BCUT2D eigenvalue weighted by Crippen LogP contribution is -2.43. The fourth-order valence-electron chi connectivity index (χ4n) is 3.33. The topological polar surface area (TPSA) is 85.4 Å². The van der Waals surface area contributed by atoms with Crippen LogP contribution in [0, 0.1) is 6.92 Å². The molecule has 1 aromatic carbocycles. The fraction of sp³-hybridized carbons (Fsp3) is 0.522. The zero-order valence-electron chi connectivity index (χ0n) is 20.0. The van der Waals surface area contributed by atoms with E-state index in [1.54, 1.807) is 37.6 Å². The van der Waals surface area contributed by atoms with Crippen molar-refractivity contribution < 1.29 is 27.4 Å². The normalized spacial score (nSPS) is 11.6. The molecule has 0 spiro atoms. The van der Waals surface area contributed by atoms with E-state index in [2.05, 4.69) is 0 Å². The van der Waals surface area contributed by atoms with Gasteiger partial charge in [-0.05, 0) is 54.5 Å². The van der Waals surface area contributed by atoms with Gasteiger partial charge in [0.1, 0.15) is 0 Å².